The molecule has 0 aliphatic heterocycles. The van der Waals surface area contributed by atoms with E-state index in [1.807, 2.05) is 6.07 Å². The molecule has 0 saturated heterocycles. The maximum absolute atomic E-state index is 12.6. The van der Waals surface area contributed by atoms with Crippen LogP contribution < -0.4 is 14.8 Å². The van der Waals surface area contributed by atoms with Crippen molar-refractivity contribution in [2.45, 2.75) is 51.5 Å². The van der Waals surface area contributed by atoms with Gasteiger partial charge in [-0.05, 0) is 74.7 Å². The lowest BCUT2D eigenvalue weighted by atomic mass is 9.48. The van der Waals surface area contributed by atoms with Crippen LogP contribution in [0.25, 0.3) is 0 Å². The van der Waals surface area contributed by atoms with Crippen LogP contribution in [0.4, 0.5) is 0 Å². The van der Waals surface area contributed by atoms with Gasteiger partial charge in [0.1, 0.15) is 0 Å². The fourth-order valence-corrected chi connectivity index (χ4v) is 6.47. The Labute approximate surface area is 171 Å². The van der Waals surface area contributed by atoms with Crippen molar-refractivity contribution in [1.29, 1.82) is 5.26 Å². The van der Waals surface area contributed by atoms with E-state index >= 15 is 0 Å². The van der Waals surface area contributed by atoms with Crippen LogP contribution in [0.5, 0.6) is 11.5 Å². The first-order valence-corrected chi connectivity index (χ1v) is 10.5. The van der Waals surface area contributed by atoms with E-state index in [0.29, 0.717) is 17.1 Å². The van der Waals surface area contributed by atoms with Crippen LogP contribution in [-0.2, 0) is 4.79 Å². The van der Waals surface area contributed by atoms with Gasteiger partial charge in [-0.1, -0.05) is 11.6 Å². The molecular weight excluding hydrogens is 376 g/mol. The van der Waals surface area contributed by atoms with Crippen molar-refractivity contribution in [3.63, 3.8) is 0 Å². The Kier molecular flexibility index (Phi) is 5.18. The number of carbonyl (C=O) groups is 1. The number of methoxy groups -OCH3 is 1. The van der Waals surface area contributed by atoms with Gasteiger partial charge in [-0.15, -0.1) is 0 Å². The number of benzene rings is 1. The van der Waals surface area contributed by atoms with Gasteiger partial charge in [0.25, 0.3) is 5.91 Å². The summed E-state index contributed by atoms with van der Waals surface area (Å²) in [4.78, 5) is 12.6. The lowest BCUT2D eigenvalue weighted by Gasteiger charge is -2.59. The second-order valence-corrected chi connectivity index (χ2v) is 9.37. The van der Waals surface area contributed by atoms with Crippen LogP contribution >= 0.6 is 11.6 Å². The Hall–Kier alpha value is -1.93. The van der Waals surface area contributed by atoms with E-state index < -0.39 is 0 Å². The topological polar surface area (TPSA) is 71.3 Å². The maximum atomic E-state index is 12.6. The number of halogens is 1. The number of nitrogens with zero attached hydrogens (tertiary/aromatic N) is 1. The summed E-state index contributed by atoms with van der Waals surface area (Å²) in [6.07, 6.45) is 7.91. The molecule has 0 heterocycles. The van der Waals surface area contributed by atoms with Crippen molar-refractivity contribution in [3.05, 3.63) is 22.7 Å². The van der Waals surface area contributed by atoms with E-state index in [9.17, 15) is 4.79 Å². The molecule has 1 aromatic carbocycles. The number of nitriles is 1. The monoisotopic (exact) mass is 402 g/mol. The second kappa shape index (κ2) is 7.48. The summed E-state index contributed by atoms with van der Waals surface area (Å²) in [5.74, 6) is 3.05. The van der Waals surface area contributed by atoms with Crippen LogP contribution in [0.3, 0.4) is 0 Å². The van der Waals surface area contributed by atoms with E-state index in [2.05, 4.69) is 12.2 Å². The molecule has 4 bridgehead atoms. The van der Waals surface area contributed by atoms with Crippen LogP contribution in [0.15, 0.2) is 12.1 Å². The second-order valence-electron chi connectivity index (χ2n) is 8.96. The third kappa shape index (κ3) is 3.55. The van der Waals surface area contributed by atoms with Gasteiger partial charge in [0, 0.05) is 12.1 Å². The lowest BCUT2D eigenvalue weighted by molar-refractivity contribution is -0.127. The minimum atomic E-state index is -0.147. The van der Waals surface area contributed by atoms with Crippen molar-refractivity contribution in [2.24, 2.45) is 23.2 Å². The van der Waals surface area contributed by atoms with Gasteiger partial charge in [0.2, 0.25) is 0 Å². The smallest absolute Gasteiger partial charge is 0.258 e. The molecule has 28 heavy (non-hydrogen) atoms. The van der Waals surface area contributed by atoms with Gasteiger partial charge < -0.3 is 14.8 Å². The third-order valence-electron chi connectivity index (χ3n) is 7.09. The molecule has 0 aromatic heterocycles. The minimum absolute atomic E-state index is 0.126. The minimum Gasteiger partial charge on any atom is -0.493 e. The molecule has 5 rings (SSSR count). The Bertz CT molecular complexity index is 781. The summed E-state index contributed by atoms with van der Waals surface area (Å²) < 4.78 is 10.9. The molecular formula is C22H27ClN2O3. The highest BCUT2D eigenvalue weighted by Gasteiger charge is 2.53. The molecule has 0 unspecified atom stereocenters. The first-order valence-electron chi connectivity index (χ1n) is 10.1. The molecule has 0 spiro atoms. The van der Waals surface area contributed by atoms with E-state index in [1.165, 1.54) is 51.7 Å². The van der Waals surface area contributed by atoms with Crippen molar-refractivity contribution in [1.82, 2.24) is 5.32 Å². The molecule has 4 aliphatic rings. The third-order valence-corrected chi connectivity index (χ3v) is 7.37. The largest absolute Gasteiger partial charge is 0.493 e. The zero-order chi connectivity index (χ0) is 19.9. The highest BCUT2D eigenvalue weighted by molar-refractivity contribution is 6.32. The highest BCUT2D eigenvalue weighted by atomic mass is 35.5. The number of nitrogens with one attached hydrogen (secondary N) is 1. The van der Waals surface area contributed by atoms with Crippen molar-refractivity contribution in [3.8, 4) is 17.6 Å². The zero-order valence-electron chi connectivity index (χ0n) is 16.5. The summed E-state index contributed by atoms with van der Waals surface area (Å²) in [5, 5.41) is 12.5. The molecule has 150 valence electrons. The van der Waals surface area contributed by atoms with Crippen molar-refractivity contribution >= 4 is 17.5 Å². The first-order chi connectivity index (χ1) is 13.4. The van der Waals surface area contributed by atoms with Gasteiger partial charge >= 0.3 is 0 Å². The Morgan fingerprint density at radius 1 is 1.29 bits per heavy atom. The number of amides is 1. The molecule has 1 amide bonds. The average Bonchev–Trinajstić information content (AvgIpc) is 2.65. The average molecular weight is 403 g/mol. The summed E-state index contributed by atoms with van der Waals surface area (Å²) >= 11 is 6.20. The standard InChI is InChI=1S/C22H27ClN2O3/c1-13(22-8-14-3-15(9-22)5-16(4-14)10-22)25-20(26)12-28-21-18(23)6-17(11-24)7-19(21)27-2/h6-7,13-16H,3-5,8-10,12H2,1-2H3,(H,25,26)/t13-,14?,15?,16?,22?/m1/s1. The Morgan fingerprint density at radius 3 is 2.43 bits per heavy atom. The molecule has 4 fully saturated rings. The number of ether oxygens (including phenoxy) is 2. The van der Waals surface area contributed by atoms with Crippen LogP contribution in [-0.4, -0.2) is 25.7 Å². The SMILES string of the molecule is COc1cc(C#N)cc(Cl)c1OCC(=O)N[C@H](C)C12CC3CC(CC(C3)C1)C2. The predicted octanol–water partition coefficient (Wildman–Crippen LogP) is 4.32. The van der Waals surface area contributed by atoms with E-state index in [0.717, 1.165) is 17.8 Å². The van der Waals surface area contributed by atoms with Crippen LogP contribution in [0.1, 0.15) is 51.0 Å². The molecule has 5 nitrogen and oxygen atoms in total. The summed E-state index contributed by atoms with van der Waals surface area (Å²) in [7, 11) is 1.48. The first kappa shape index (κ1) is 19.4. The molecule has 4 saturated carbocycles. The summed E-state index contributed by atoms with van der Waals surface area (Å²) in [5.41, 5.74) is 0.642. The highest BCUT2D eigenvalue weighted by Crippen LogP contribution is 2.61. The van der Waals surface area contributed by atoms with Crippen molar-refractivity contribution in [2.75, 3.05) is 13.7 Å². The molecule has 1 aromatic rings. The Morgan fingerprint density at radius 2 is 1.89 bits per heavy atom. The maximum Gasteiger partial charge on any atom is 0.258 e. The lowest BCUT2D eigenvalue weighted by Crippen LogP contribution is -2.56. The van der Waals surface area contributed by atoms with Gasteiger partial charge in [0.15, 0.2) is 18.1 Å². The molecule has 4 aliphatic carbocycles. The van der Waals surface area contributed by atoms with Gasteiger partial charge in [0.05, 0.1) is 23.8 Å². The normalized spacial score (nSPS) is 31.1. The predicted molar refractivity (Wildman–Crippen MR) is 106 cm³/mol. The van der Waals surface area contributed by atoms with Gasteiger partial charge in [-0.3, -0.25) is 4.79 Å². The van der Waals surface area contributed by atoms with E-state index in [4.69, 9.17) is 26.3 Å². The number of carbonyl (C=O) groups excluding carboxylic acids is 1. The Balaban J connectivity index is 1.38. The van der Waals surface area contributed by atoms with E-state index in [-0.39, 0.29) is 29.0 Å². The molecule has 1 atom stereocenters. The molecule has 6 heteroatoms. The van der Waals surface area contributed by atoms with Gasteiger partial charge in [-0.25, -0.2) is 0 Å². The van der Waals surface area contributed by atoms with Crippen LogP contribution in [0, 0.1) is 34.5 Å². The van der Waals surface area contributed by atoms with E-state index in [1.54, 1.807) is 6.07 Å². The summed E-state index contributed by atoms with van der Waals surface area (Å²) in [6.45, 7) is 2.03. The zero-order valence-corrected chi connectivity index (χ0v) is 17.2. The van der Waals surface area contributed by atoms with Gasteiger partial charge in [-0.2, -0.15) is 5.26 Å². The number of hydrogen-bond acceptors (Lipinski definition) is 4. The van der Waals surface area contributed by atoms with Crippen LogP contribution in [0.2, 0.25) is 5.02 Å². The molecule has 1 N–H and O–H groups in total. The number of hydrogen-bond donors (Lipinski definition) is 1. The fourth-order valence-electron chi connectivity index (χ4n) is 6.21. The number of rotatable bonds is 6. The quantitative estimate of drug-likeness (QED) is 0.769. The molecule has 0 radical (unpaired) electrons. The summed E-state index contributed by atoms with van der Waals surface area (Å²) in [6, 6.07) is 5.23. The van der Waals surface area contributed by atoms with Crippen molar-refractivity contribution < 1.29 is 14.3 Å². The fraction of sp³-hybridized carbons (Fsp3) is 0.636.